The molecule has 2 saturated heterocycles. The van der Waals surface area contributed by atoms with E-state index in [0.717, 1.165) is 12.1 Å². The van der Waals surface area contributed by atoms with Crippen molar-refractivity contribution in [2.24, 2.45) is 11.8 Å². The van der Waals surface area contributed by atoms with Gasteiger partial charge in [-0.25, -0.2) is 4.39 Å². The highest BCUT2D eigenvalue weighted by Gasteiger charge is 2.47. The molecule has 9 nitrogen and oxygen atoms in total. The van der Waals surface area contributed by atoms with Gasteiger partial charge in [0.2, 0.25) is 0 Å². The summed E-state index contributed by atoms with van der Waals surface area (Å²) < 4.78 is 15.1. The molecule has 2 aliphatic rings. The Hall–Kier alpha value is -2.85. The number of H-pyrrole nitrogens is 1. The van der Waals surface area contributed by atoms with Crippen LogP contribution in [-0.4, -0.2) is 72.8 Å². The molecule has 1 N–H and O–H groups in total. The number of fused-ring (bicyclic) bond motifs is 1. The number of carbonyl (C=O) groups excluding carboxylic acids is 1. The van der Waals surface area contributed by atoms with Crippen molar-refractivity contribution in [3.63, 3.8) is 0 Å². The zero-order valence-electron chi connectivity index (χ0n) is 15.6. The number of hydrogen-bond donors (Lipinski definition) is 1. The number of aromatic amines is 1. The van der Waals surface area contributed by atoms with E-state index < -0.39 is 0 Å². The van der Waals surface area contributed by atoms with Crippen molar-refractivity contribution in [1.82, 2.24) is 40.2 Å². The molecule has 0 radical (unpaired) electrons. The van der Waals surface area contributed by atoms with Crippen LogP contribution in [0, 0.1) is 17.7 Å². The fourth-order valence-electron chi connectivity index (χ4n) is 4.59. The molecule has 2 aromatic heterocycles. The summed E-state index contributed by atoms with van der Waals surface area (Å²) in [5.41, 5.74) is 1.37. The SMILES string of the molecule is CN1C[C@H]2CN(C(=O)c3cc(-n4cnnn4)n[nH]3)C[C@H]2[C@@H]1c1cccc(F)c1.Cl. The van der Waals surface area contributed by atoms with E-state index in [9.17, 15) is 9.18 Å². The van der Waals surface area contributed by atoms with Crippen LogP contribution in [0.4, 0.5) is 4.39 Å². The number of rotatable bonds is 3. The third-order valence-corrected chi connectivity index (χ3v) is 5.75. The number of tetrazole rings is 1. The van der Waals surface area contributed by atoms with Crippen LogP contribution in [0.25, 0.3) is 5.82 Å². The van der Waals surface area contributed by atoms with E-state index in [1.165, 1.54) is 17.1 Å². The van der Waals surface area contributed by atoms with Crippen LogP contribution < -0.4 is 0 Å². The second-order valence-corrected chi connectivity index (χ2v) is 7.47. The van der Waals surface area contributed by atoms with Crippen molar-refractivity contribution in [1.29, 1.82) is 0 Å². The number of carbonyl (C=O) groups is 1. The maximum Gasteiger partial charge on any atom is 0.271 e. The normalized spacial score (nSPS) is 23.8. The summed E-state index contributed by atoms with van der Waals surface area (Å²) in [7, 11) is 2.06. The van der Waals surface area contributed by atoms with Gasteiger partial charge in [0.05, 0.1) is 0 Å². The molecule has 2 aliphatic heterocycles. The first-order valence-electron chi connectivity index (χ1n) is 9.14. The average molecular weight is 419 g/mol. The van der Waals surface area contributed by atoms with Crippen LogP contribution >= 0.6 is 12.4 Å². The minimum Gasteiger partial charge on any atom is -0.337 e. The molecule has 0 unspecified atom stereocenters. The minimum absolute atomic E-state index is 0. The van der Waals surface area contributed by atoms with E-state index in [0.29, 0.717) is 30.5 Å². The first-order valence-corrected chi connectivity index (χ1v) is 9.14. The van der Waals surface area contributed by atoms with Crippen molar-refractivity contribution in [2.45, 2.75) is 6.04 Å². The highest BCUT2D eigenvalue weighted by atomic mass is 35.5. The Bertz CT molecular complexity index is 1010. The van der Waals surface area contributed by atoms with E-state index in [1.807, 2.05) is 11.0 Å². The molecule has 0 bridgehead atoms. The summed E-state index contributed by atoms with van der Waals surface area (Å²) in [4.78, 5) is 17.1. The van der Waals surface area contributed by atoms with E-state index in [1.54, 1.807) is 18.2 Å². The Labute approximate surface area is 172 Å². The summed E-state index contributed by atoms with van der Waals surface area (Å²) in [5, 5.41) is 17.8. The molecule has 4 heterocycles. The lowest BCUT2D eigenvalue weighted by atomic mass is 9.89. The summed E-state index contributed by atoms with van der Waals surface area (Å²) in [6, 6.07) is 8.52. The first kappa shape index (κ1) is 19.5. The van der Waals surface area contributed by atoms with Gasteiger partial charge in [-0.3, -0.25) is 14.8 Å². The summed E-state index contributed by atoms with van der Waals surface area (Å²) >= 11 is 0. The zero-order valence-corrected chi connectivity index (χ0v) is 16.5. The molecular formula is C18H20ClFN8O. The van der Waals surface area contributed by atoms with E-state index in [4.69, 9.17) is 0 Å². The number of aromatic nitrogens is 6. The van der Waals surface area contributed by atoms with E-state index in [2.05, 4.69) is 37.7 Å². The summed E-state index contributed by atoms with van der Waals surface area (Å²) in [5.74, 6) is 0.779. The Morgan fingerprint density at radius 2 is 2.10 bits per heavy atom. The summed E-state index contributed by atoms with van der Waals surface area (Å²) in [6.45, 7) is 2.20. The lowest BCUT2D eigenvalue weighted by Crippen LogP contribution is -2.33. The van der Waals surface area contributed by atoms with Gasteiger partial charge in [0.15, 0.2) is 5.82 Å². The van der Waals surface area contributed by atoms with Crippen LogP contribution in [-0.2, 0) is 0 Å². The highest BCUT2D eigenvalue weighted by Crippen LogP contribution is 2.44. The number of nitrogens with one attached hydrogen (secondary N) is 1. The lowest BCUT2D eigenvalue weighted by Gasteiger charge is -2.26. The second kappa shape index (κ2) is 7.53. The number of hydrogen-bond acceptors (Lipinski definition) is 6. The molecular weight excluding hydrogens is 399 g/mol. The number of nitrogens with zero attached hydrogens (tertiary/aromatic N) is 7. The van der Waals surface area contributed by atoms with Gasteiger partial charge in [0, 0.05) is 37.7 Å². The number of halogens is 2. The van der Waals surface area contributed by atoms with Gasteiger partial charge >= 0.3 is 0 Å². The smallest absolute Gasteiger partial charge is 0.271 e. The monoisotopic (exact) mass is 418 g/mol. The molecule has 11 heteroatoms. The molecule has 1 amide bonds. The molecule has 2 fully saturated rings. The number of benzene rings is 1. The molecule has 5 rings (SSSR count). The molecule has 152 valence electrons. The number of likely N-dealkylation sites (tertiary alicyclic amines) is 2. The summed E-state index contributed by atoms with van der Waals surface area (Å²) in [6.07, 6.45) is 1.42. The van der Waals surface area contributed by atoms with Crippen molar-refractivity contribution in [2.75, 3.05) is 26.7 Å². The molecule has 29 heavy (non-hydrogen) atoms. The average Bonchev–Trinajstić information content (AvgIpc) is 3.44. The fourth-order valence-corrected chi connectivity index (χ4v) is 4.59. The van der Waals surface area contributed by atoms with E-state index >= 15 is 0 Å². The van der Waals surface area contributed by atoms with Gasteiger partial charge in [-0.1, -0.05) is 12.1 Å². The molecule has 0 spiro atoms. The van der Waals surface area contributed by atoms with Crippen LogP contribution in [0.15, 0.2) is 36.7 Å². The van der Waals surface area contributed by atoms with Gasteiger partial charge in [0.25, 0.3) is 5.91 Å². The topological polar surface area (TPSA) is 95.8 Å². The van der Waals surface area contributed by atoms with Crippen LogP contribution in [0.3, 0.4) is 0 Å². The predicted octanol–water partition coefficient (Wildman–Crippen LogP) is 1.32. The maximum atomic E-state index is 13.7. The predicted molar refractivity (Wildman–Crippen MR) is 103 cm³/mol. The molecule has 0 aliphatic carbocycles. The standard InChI is InChI=1S/C18H19FN8O.ClH/c1-25-7-12-8-26(9-14(12)17(25)11-3-2-4-13(19)5-11)18(28)15-6-16(22-21-15)27-10-20-23-24-27;/h2-6,10,12,14,17H,7-9H2,1H3,(H,21,22);1H/t12-,14+,17-;/m0./s1. The number of amides is 1. The molecule has 3 aromatic rings. The second-order valence-electron chi connectivity index (χ2n) is 7.47. The van der Waals surface area contributed by atoms with Crippen LogP contribution in [0.1, 0.15) is 22.1 Å². The Kier molecular flexibility index (Phi) is 5.05. The Balaban J connectivity index is 0.00000205. The Morgan fingerprint density at radius 3 is 2.86 bits per heavy atom. The van der Waals surface area contributed by atoms with Gasteiger partial charge in [-0.15, -0.1) is 17.5 Å². The van der Waals surface area contributed by atoms with Gasteiger partial charge in [0.1, 0.15) is 17.8 Å². The largest absolute Gasteiger partial charge is 0.337 e. The molecule has 1 aromatic carbocycles. The van der Waals surface area contributed by atoms with Crippen molar-refractivity contribution >= 4 is 18.3 Å². The molecule has 3 atom stereocenters. The van der Waals surface area contributed by atoms with Crippen LogP contribution in [0.2, 0.25) is 0 Å². The van der Waals surface area contributed by atoms with Crippen LogP contribution in [0.5, 0.6) is 0 Å². The third-order valence-electron chi connectivity index (χ3n) is 5.75. The van der Waals surface area contributed by atoms with Crippen molar-refractivity contribution < 1.29 is 9.18 Å². The van der Waals surface area contributed by atoms with Gasteiger partial charge in [-0.05, 0) is 41.1 Å². The third kappa shape index (κ3) is 3.38. The zero-order chi connectivity index (χ0) is 19.3. The minimum atomic E-state index is -0.229. The highest BCUT2D eigenvalue weighted by molar-refractivity contribution is 5.93. The first-order chi connectivity index (χ1) is 13.6. The van der Waals surface area contributed by atoms with Crippen molar-refractivity contribution in [3.8, 4) is 5.82 Å². The quantitative estimate of drug-likeness (QED) is 0.689. The van der Waals surface area contributed by atoms with Crippen molar-refractivity contribution in [3.05, 3.63) is 53.7 Å². The van der Waals surface area contributed by atoms with Gasteiger partial charge < -0.3 is 4.90 Å². The fraction of sp³-hybridized carbons (Fsp3) is 0.389. The Morgan fingerprint density at radius 1 is 1.24 bits per heavy atom. The lowest BCUT2D eigenvalue weighted by molar-refractivity contribution is 0.0762. The molecule has 0 saturated carbocycles. The van der Waals surface area contributed by atoms with E-state index in [-0.39, 0.29) is 36.1 Å². The van der Waals surface area contributed by atoms with Gasteiger partial charge in [-0.2, -0.15) is 9.78 Å². The maximum absolute atomic E-state index is 13.7.